The number of nitrogens with zero attached hydrogens (tertiary/aromatic N) is 1. The van der Waals surface area contributed by atoms with E-state index in [1.54, 1.807) is 18.2 Å². The smallest absolute Gasteiger partial charge is 0.377 e. The molecule has 194 valence electrons. The number of rotatable bonds is 6. The fourth-order valence-electron chi connectivity index (χ4n) is 3.61. The lowest BCUT2D eigenvalue weighted by Gasteiger charge is -2.13. The normalized spacial score (nSPS) is 11.2. The van der Waals surface area contributed by atoms with E-state index in [-0.39, 0.29) is 30.3 Å². The van der Waals surface area contributed by atoms with Crippen molar-refractivity contribution in [3.63, 3.8) is 0 Å². The molecule has 0 unspecified atom stereocenters. The van der Waals surface area contributed by atoms with Gasteiger partial charge in [-0.05, 0) is 48.9 Å². The minimum absolute atomic E-state index is 0. The van der Waals surface area contributed by atoms with E-state index < -0.39 is 29.1 Å². The van der Waals surface area contributed by atoms with Gasteiger partial charge in [-0.25, -0.2) is 4.98 Å². The third-order valence-electron chi connectivity index (χ3n) is 5.33. The molecule has 0 aliphatic heterocycles. The fraction of sp³-hybridized carbons (Fsp3) is 0.160. The largest absolute Gasteiger partial charge is 0.417 e. The molecule has 0 spiro atoms. The molecule has 4 aromatic rings. The number of halogens is 5. The first-order valence-electron chi connectivity index (χ1n) is 10.6. The van der Waals surface area contributed by atoms with Crippen LogP contribution < -0.4 is 10.6 Å². The lowest BCUT2D eigenvalue weighted by molar-refractivity contribution is -0.137. The van der Waals surface area contributed by atoms with Crippen LogP contribution in [0.3, 0.4) is 0 Å². The van der Waals surface area contributed by atoms with Crippen molar-refractivity contribution in [2.45, 2.75) is 19.7 Å². The summed E-state index contributed by atoms with van der Waals surface area (Å²) in [5, 5.41) is 5.65. The van der Waals surface area contributed by atoms with Crippen molar-refractivity contribution in [3.05, 3.63) is 87.7 Å². The van der Waals surface area contributed by atoms with E-state index in [0.29, 0.717) is 27.6 Å². The number of methoxy groups -OCH3 is 1. The van der Waals surface area contributed by atoms with Gasteiger partial charge < -0.3 is 20.4 Å². The Labute approximate surface area is 220 Å². The van der Waals surface area contributed by atoms with Crippen LogP contribution in [0.5, 0.6) is 0 Å². The van der Waals surface area contributed by atoms with E-state index in [2.05, 4.69) is 20.6 Å². The Morgan fingerprint density at radius 2 is 1.68 bits per heavy atom. The minimum Gasteiger partial charge on any atom is -0.377 e. The first-order valence-corrected chi connectivity index (χ1v) is 11.0. The summed E-state index contributed by atoms with van der Waals surface area (Å²) >= 11 is 6.15. The van der Waals surface area contributed by atoms with Gasteiger partial charge in [0, 0.05) is 23.5 Å². The van der Waals surface area contributed by atoms with Crippen LogP contribution in [-0.4, -0.2) is 28.9 Å². The highest BCUT2D eigenvalue weighted by atomic mass is 35.5. The number of nitrogens with one attached hydrogen (secondary N) is 3. The number of anilines is 2. The molecule has 3 N–H and O–H groups in total. The molecule has 0 radical (unpaired) electrons. The summed E-state index contributed by atoms with van der Waals surface area (Å²) in [6.07, 6.45) is -4.71. The molecule has 2 amide bonds. The number of hydrogen-bond acceptors (Lipinski definition) is 4. The third-order valence-corrected chi connectivity index (χ3v) is 5.73. The van der Waals surface area contributed by atoms with Gasteiger partial charge in [0.05, 0.1) is 22.2 Å². The molecule has 0 aliphatic rings. The maximum absolute atomic E-state index is 13.4. The summed E-state index contributed by atoms with van der Waals surface area (Å²) in [6, 6.07) is 12.3. The molecule has 0 atom stereocenters. The number of aryl methyl sites for hydroxylation is 1. The maximum Gasteiger partial charge on any atom is 0.417 e. The summed E-state index contributed by atoms with van der Waals surface area (Å²) in [7, 11) is 1.48. The van der Waals surface area contributed by atoms with E-state index >= 15 is 0 Å². The van der Waals surface area contributed by atoms with Crippen LogP contribution in [0.15, 0.2) is 54.6 Å². The molecule has 0 fully saturated rings. The lowest BCUT2D eigenvalue weighted by Crippen LogP contribution is -2.19. The number of amides is 2. The molecule has 12 heteroatoms. The number of carbonyl (C=O) groups is 2. The van der Waals surface area contributed by atoms with Gasteiger partial charge in [0.25, 0.3) is 11.8 Å². The molecule has 0 saturated heterocycles. The predicted molar refractivity (Wildman–Crippen MR) is 138 cm³/mol. The quantitative estimate of drug-likeness (QED) is 0.250. The number of alkyl halides is 3. The Morgan fingerprint density at radius 3 is 2.35 bits per heavy atom. The fourth-order valence-corrected chi connectivity index (χ4v) is 3.80. The molecule has 0 aliphatic carbocycles. The Kier molecular flexibility index (Phi) is 8.47. The van der Waals surface area contributed by atoms with Crippen molar-refractivity contribution in [1.29, 1.82) is 0 Å². The standard InChI is InChI=1S/C25H20ClF3N4O3.ClH/c1-13-7-8-14(10-19(13)26)30-24(35)17-9-15(11-20-22(17)33-21(32-20)12-36-2)31-23(34)16-5-3-4-6-18(16)25(27,28)29;/h3-11H,12H2,1-2H3,(H,30,35)(H,31,34)(H,32,33);1H. The first-order chi connectivity index (χ1) is 17.1. The molecule has 1 heterocycles. The topological polar surface area (TPSA) is 96.1 Å². The Balaban J connectivity index is 0.00000380. The van der Waals surface area contributed by atoms with Gasteiger partial charge in [-0.2, -0.15) is 13.2 Å². The molecular formula is C25H21Cl2F3N4O3. The van der Waals surface area contributed by atoms with Crippen LogP contribution in [0, 0.1) is 6.92 Å². The van der Waals surface area contributed by atoms with E-state index in [4.69, 9.17) is 16.3 Å². The summed E-state index contributed by atoms with van der Waals surface area (Å²) in [5.74, 6) is -1.11. The second-order valence-corrected chi connectivity index (χ2v) is 8.36. The summed E-state index contributed by atoms with van der Waals surface area (Å²) in [4.78, 5) is 33.4. The molecule has 37 heavy (non-hydrogen) atoms. The summed E-state index contributed by atoms with van der Waals surface area (Å²) in [5.41, 5.74) is 0.521. The summed E-state index contributed by atoms with van der Waals surface area (Å²) in [6.45, 7) is 1.95. The molecule has 1 aromatic heterocycles. The van der Waals surface area contributed by atoms with E-state index in [1.165, 1.54) is 31.4 Å². The molecule has 7 nitrogen and oxygen atoms in total. The van der Waals surface area contributed by atoms with Gasteiger partial charge in [-0.15, -0.1) is 12.4 Å². The van der Waals surface area contributed by atoms with E-state index in [1.807, 2.05) is 6.92 Å². The molecule has 3 aromatic carbocycles. The zero-order valence-electron chi connectivity index (χ0n) is 19.5. The van der Waals surface area contributed by atoms with Crippen LogP contribution >= 0.6 is 24.0 Å². The summed E-state index contributed by atoms with van der Waals surface area (Å²) < 4.78 is 45.3. The lowest BCUT2D eigenvalue weighted by atomic mass is 10.1. The van der Waals surface area contributed by atoms with Crippen molar-refractivity contribution in [2.75, 3.05) is 17.7 Å². The zero-order valence-corrected chi connectivity index (χ0v) is 21.1. The number of imidazole rings is 1. The number of carbonyl (C=O) groups excluding carboxylic acids is 2. The number of fused-ring (bicyclic) bond motifs is 1. The highest BCUT2D eigenvalue weighted by molar-refractivity contribution is 6.31. The predicted octanol–water partition coefficient (Wildman–Crippen LogP) is 6.62. The van der Waals surface area contributed by atoms with Gasteiger partial charge in [-0.3, -0.25) is 9.59 Å². The van der Waals surface area contributed by atoms with Gasteiger partial charge in [0.15, 0.2) is 0 Å². The second-order valence-electron chi connectivity index (χ2n) is 7.95. The van der Waals surface area contributed by atoms with Crippen molar-refractivity contribution < 1.29 is 27.5 Å². The number of aromatic amines is 1. The monoisotopic (exact) mass is 552 g/mol. The van der Waals surface area contributed by atoms with E-state index in [0.717, 1.165) is 17.7 Å². The van der Waals surface area contributed by atoms with E-state index in [9.17, 15) is 22.8 Å². The van der Waals surface area contributed by atoms with Crippen LogP contribution in [0.1, 0.15) is 37.7 Å². The molecular weight excluding hydrogens is 532 g/mol. The van der Waals surface area contributed by atoms with Gasteiger partial charge in [-0.1, -0.05) is 29.8 Å². The number of H-pyrrole nitrogens is 1. The molecule has 0 bridgehead atoms. The van der Waals surface area contributed by atoms with Crippen molar-refractivity contribution >= 4 is 58.2 Å². The van der Waals surface area contributed by atoms with Gasteiger partial charge >= 0.3 is 6.18 Å². The average molecular weight is 553 g/mol. The van der Waals surface area contributed by atoms with Crippen molar-refractivity contribution in [1.82, 2.24) is 9.97 Å². The minimum atomic E-state index is -4.71. The van der Waals surface area contributed by atoms with Crippen LogP contribution in [0.4, 0.5) is 24.5 Å². The molecule has 0 saturated carbocycles. The van der Waals surface area contributed by atoms with Crippen LogP contribution in [-0.2, 0) is 17.5 Å². The Bertz CT molecular complexity index is 1470. The van der Waals surface area contributed by atoms with Crippen molar-refractivity contribution in [3.8, 4) is 0 Å². The number of aromatic nitrogens is 2. The van der Waals surface area contributed by atoms with Crippen LogP contribution in [0.2, 0.25) is 5.02 Å². The number of hydrogen-bond donors (Lipinski definition) is 3. The highest BCUT2D eigenvalue weighted by Crippen LogP contribution is 2.32. The van der Waals surface area contributed by atoms with Gasteiger partial charge in [0.1, 0.15) is 17.9 Å². The van der Waals surface area contributed by atoms with Crippen molar-refractivity contribution in [2.24, 2.45) is 0 Å². The Hall–Kier alpha value is -3.60. The Morgan fingerprint density at radius 1 is 1.00 bits per heavy atom. The van der Waals surface area contributed by atoms with Gasteiger partial charge in [0.2, 0.25) is 0 Å². The number of benzene rings is 3. The maximum atomic E-state index is 13.4. The number of ether oxygens (including phenoxy) is 1. The van der Waals surface area contributed by atoms with Crippen LogP contribution in [0.25, 0.3) is 11.0 Å². The third kappa shape index (κ3) is 6.22. The second kappa shape index (κ2) is 11.2. The molecule has 4 rings (SSSR count). The zero-order chi connectivity index (χ0) is 26.0. The first kappa shape index (κ1) is 28.0. The average Bonchev–Trinajstić information content (AvgIpc) is 3.23. The highest BCUT2D eigenvalue weighted by Gasteiger charge is 2.35. The SMILES string of the molecule is COCc1nc2c(C(=O)Nc3ccc(C)c(Cl)c3)cc(NC(=O)c3ccccc3C(F)(F)F)cc2[nH]1.Cl.